The van der Waals surface area contributed by atoms with Gasteiger partial charge in [0.1, 0.15) is 0 Å². The number of hydrogen-bond donors (Lipinski definition) is 3. The Hall–Kier alpha value is -0.870. The molecule has 0 atom stereocenters. The van der Waals surface area contributed by atoms with Gasteiger partial charge in [0.2, 0.25) is 10.0 Å². The van der Waals surface area contributed by atoms with Crippen LogP contribution in [0.3, 0.4) is 0 Å². The summed E-state index contributed by atoms with van der Waals surface area (Å²) in [7, 11) is -1.91. The van der Waals surface area contributed by atoms with Gasteiger partial charge in [-0.3, -0.25) is 4.99 Å². The topological polar surface area (TPSA) is 96.6 Å². The summed E-state index contributed by atoms with van der Waals surface area (Å²) in [6, 6.07) is 6.52. The number of unbranched alkanes of at least 4 members (excludes halogenated alkanes) is 2. The molecule has 1 aromatic carbocycles. The molecule has 0 amide bonds. The van der Waals surface area contributed by atoms with Crippen molar-refractivity contribution in [1.82, 2.24) is 10.6 Å². The lowest BCUT2D eigenvalue weighted by Crippen LogP contribution is -2.41. The van der Waals surface area contributed by atoms with Crippen LogP contribution in [0.25, 0.3) is 0 Å². The first-order chi connectivity index (χ1) is 11.7. The van der Waals surface area contributed by atoms with E-state index >= 15 is 0 Å². The van der Waals surface area contributed by atoms with Gasteiger partial charge in [0, 0.05) is 20.1 Å². The summed E-state index contributed by atoms with van der Waals surface area (Å²) < 4.78 is 22.5. The molecule has 0 saturated heterocycles. The van der Waals surface area contributed by atoms with E-state index in [1.54, 1.807) is 19.2 Å². The van der Waals surface area contributed by atoms with Crippen LogP contribution in [0.2, 0.25) is 0 Å². The zero-order chi connectivity index (χ0) is 18.9. The van der Waals surface area contributed by atoms with Gasteiger partial charge in [-0.1, -0.05) is 52.2 Å². The van der Waals surface area contributed by atoms with Gasteiger partial charge in [0.25, 0.3) is 0 Å². The molecule has 0 spiro atoms. The largest absolute Gasteiger partial charge is 0.356 e. The van der Waals surface area contributed by atoms with Crippen molar-refractivity contribution in [3.05, 3.63) is 29.8 Å². The van der Waals surface area contributed by atoms with Gasteiger partial charge in [-0.05, 0) is 29.5 Å². The van der Waals surface area contributed by atoms with E-state index < -0.39 is 10.0 Å². The Kier molecular flexibility index (Phi) is 11.4. The second-order valence-electron chi connectivity index (χ2n) is 7.09. The molecule has 1 rings (SSSR count). The molecule has 0 aliphatic rings. The zero-order valence-corrected chi connectivity index (χ0v) is 19.4. The Morgan fingerprint density at radius 1 is 1.15 bits per heavy atom. The van der Waals surface area contributed by atoms with Crippen molar-refractivity contribution in [3.63, 3.8) is 0 Å². The number of nitrogens with zero attached hydrogens (tertiary/aromatic N) is 1. The molecule has 8 heteroatoms. The maximum atomic E-state index is 11.3. The molecule has 0 aliphatic heterocycles. The van der Waals surface area contributed by atoms with Gasteiger partial charge < -0.3 is 10.6 Å². The first kappa shape index (κ1) is 25.1. The molecule has 0 radical (unpaired) electrons. The average molecular weight is 496 g/mol. The fourth-order valence-electron chi connectivity index (χ4n) is 2.47. The normalized spacial score (nSPS) is 12.4. The lowest BCUT2D eigenvalue weighted by molar-refractivity contribution is 0.318. The molecule has 4 N–H and O–H groups in total. The summed E-state index contributed by atoms with van der Waals surface area (Å²) in [4.78, 5) is 4.36. The van der Waals surface area contributed by atoms with Crippen molar-refractivity contribution in [1.29, 1.82) is 0 Å². The first-order valence-corrected chi connectivity index (χ1v) is 10.3. The number of benzene rings is 1. The average Bonchev–Trinajstić information content (AvgIpc) is 2.54. The van der Waals surface area contributed by atoms with Gasteiger partial charge in [-0.25, -0.2) is 13.6 Å². The van der Waals surface area contributed by atoms with Crippen molar-refractivity contribution in [3.8, 4) is 0 Å². The highest BCUT2D eigenvalue weighted by Gasteiger charge is 2.17. The monoisotopic (exact) mass is 496 g/mol. The van der Waals surface area contributed by atoms with Crippen LogP contribution < -0.4 is 15.8 Å². The van der Waals surface area contributed by atoms with Crippen molar-refractivity contribution >= 4 is 40.0 Å². The Bertz CT molecular complexity index is 658. The number of halogens is 1. The van der Waals surface area contributed by atoms with E-state index in [9.17, 15) is 8.42 Å². The summed E-state index contributed by atoms with van der Waals surface area (Å²) in [5, 5.41) is 11.7. The molecule has 26 heavy (non-hydrogen) atoms. The molecule has 1 aromatic rings. The Labute approximate surface area is 175 Å². The van der Waals surface area contributed by atoms with Crippen molar-refractivity contribution in [2.75, 3.05) is 13.6 Å². The molecular weight excluding hydrogens is 463 g/mol. The molecular formula is C18H33IN4O2S. The Morgan fingerprint density at radius 3 is 2.27 bits per heavy atom. The highest BCUT2D eigenvalue weighted by atomic mass is 127. The van der Waals surface area contributed by atoms with Crippen LogP contribution in [0.4, 0.5) is 0 Å². The maximum Gasteiger partial charge on any atom is 0.238 e. The van der Waals surface area contributed by atoms with Crippen LogP contribution in [-0.4, -0.2) is 28.0 Å². The van der Waals surface area contributed by atoms with Crippen LogP contribution in [-0.2, 0) is 16.6 Å². The standard InChI is InChI=1S/C18H32N4O2S.HI/c1-5-6-7-12-18(2,3)14-22-17(20-4)21-13-15-8-10-16(11-9-15)25(19,23)24;/h8-11H,5-7,12-14H2,1-4H3,(H2,19,23,24)(H2,20,21,22);1H. The fourth-order valence-corrected chi connectivity index (χ4v) is 2.98. The van der Waals surface area contributed by atoms with E-state index in [0.717, 1.165) is 18.1 Å². The SMILES string of the molecule is CCCCCC(C)(C)CNC(=NC)NCc1ccc(S(N)(=O)=O)cc1.I. The summed E-state index contributed by atoms with van der Waals surface area (Å²) >= 11 is 0. The summed E-state index contributed by atoms with van der Waals surface area (Å²) in [6.07, 6.45) is 4.93. The van der Waals surface area contributed by atoms with Crippen LogP contribution in [0.1, 0.15) is 52.0 Å². The third kappa shape index (κ3) is 9.72. The fraction of sp³-hybridized carbons (Fsp3) is 0.611. The van der Waals surface area contributed by atoms with Gasteiger partial charge >= 0.3 is 0 Å². The summed E-state index contributed by atoms with van der Waals surface area (Å²) in [5.74, 6) is 0.735. The minimum Gasteiger partial charge on any atom is -0.356 e. The summed E-state index contributed by atoms with van der Waals surface area (Å²) in [6.45, 7) is 8.14. The van der Waals surface area contributed by atoms with Gasteiger partial charge in [-0.15, -0.1) is 24.0 Å². The zero-order valence-electron chi connectivity index (χ0n) is 16.2. The number of primary sulfonamides is 1. The van der Waals surface area contributed by atoms with Gasteiger partial charge in [-0.2, -0.15) is 0 Å². The van der Waals surface area contributed by atoms with Crippen LogP contribution in [0, 0.1) is 5.41 Å². The lowest BCUT2D eigenvalue weighted by Gasteiger charge is -2.26. The molecule has 0 bridgehead atoms. The molecule has 6 nitrogen and oxygen atoms in total. The van der Waals surface area contributed by atoms with E-state index in [2.05, 4.69) is 36.4 Å². The van der Waals surface area contributed by atoms with E-state index in [1.165, 1.54) is 37.8 Å². The minimum atomic E-state index is -3.65. The predicted octanol–water partition coefficient (Wildman–Crippen LogP) is 3.22. The maximum absolute atomic E-state index is 11.3. The third-order valence-corrected chi connectivity index (χ3v) is 5.06. The number of aliphatic imine (C=N–C) groups is 1. The molecule has 0 unspecified atom stereocenters. The van der Waals surface area contributed by atoms with Crippen molar-refractivity contribution in [2.24, 2.45) is 15.5 Å². The number of hydrogen-bond acceptors (Lipinski definition) is 3. The summed E-state index contributed by atoms with van der Waals surface area (Å²) in [5.41, 5.74) is 1.17. The van der Waals surface area contributed by atoms with Crippen LogP contribution in [0.5, 0.6) is 0 Å². The number of nitrogens with two attached hydrogens (primary N) is 1. The number of guanidine groups is 1. The van der Waals surface area contributed by atoms with E-state index in [1.807, 2.05) is 0 Å². The smallest absolute Gasteiger partial charge is 0.238 e. The lowest BCUT2D eigenvalue weighted by atomic mass is 9.87. The number of rotatable bonds is 9. The highest BCUT2D eigenvalue weighted by molar-refractivity contribution is 14.0. The number of nitrogens with one attached hydrogen (secondary N) is 2. The molecule has 0 aliphatic carbocycles. The molecule has 0 saturated carbocycles. The molecule has 0 aromatic heterocycles. The second-order valence-corrected chi connectivity index (χ2v) is 8.65. The third-order valence-electron chi connectivity index (χ3n) is 4.13. The van der Waals surface area contributed by atoms with Gasteiger partial charge in [0.05, 0.1) is 4.90 Å². The Morgan fingerprint density at radius 2 is 1.77 bits per heavy atom. The van der Waals surface area contributed by atoms with E-state index in [-0.39, 0.29) is 34.3 Å². The second kappa shape index (κ2) is 11.8. The van der Waals surface area contributed by atoms with Crippen LogP contribution >= 0.6 is 24.0 Å². The molecule has 0 fully saturated rings. The Balaban J connectivity index is 0.00000625. The van der Waals surface area contributed by atoms with Crippen molar-refractivity contribution in [2.45, 2.75) is 57.9 Å². The quantitative estimate of drug-likeness (QED) is 0.212. The minimum absolute atomic E-state index is 0. The van der Waals surface area contributed by atoms with Gasteiger partial charge in [0.15, 0.2) is 5.96 Å². The number of sulfonamides is 1. The van der Waals surface area contributed by atoms with E-state index in [4.69, 9.17) is 5.14 Å². The van der Waals surface area contributed by atoms with Crippen LogP contribution in [0.15, 0.2) is 34.2 Å². The van der Waals surface area contributed by atoms with Crippen molar-refractivity contribution < 1.29 is 8.42 Å². The predicted molar refractivity (Wildman–Crippen MR) is 119 cm³/mol. The molecule has 0 heterocycles. The van der Waals surface area contributed by atoms with E-state index in [0.29, 0.717) is 6.54 Å². The first-order valence-electron chi connectivity index (χ1n) is 8.74. The highest BCUT2D eigenvalue weighted by Crippen LogP contribution is 2.22. The molecule has 150 valence electrons.